The molecule has 2 aromatic rings. The smallest absolute Gasteiger partial charge is 0.419 e. The summed E-state index contributed by atoms with van der Waals surface area (Å²) in [6.07, 6.45) is 33.7. The predicted molar refractivity (Wildman–Crippen MR) is 278 cm³/mol. The van der Waals surface area contributed by atoms with Crippen LogP contribution in [0.15, 0.2) is 30.5 Å². The number of unbranched alkanes of at least 4 members (excludes halogenated alkanes) is 23. The zero-order valence-electron chi connectivity index (χ0n) is 44.2. The van der Waals surface area contributed by atoms with Gasteiger partial charge in [0.15, 0.2) is 0 Å². The maximum atomic E-state index is 14.1. The molecule has 0 aliphatic carbocycles. The van der Waals surface area contributed by atoms with Crippen molar-refractivity contribution >= 4 is 29.0 Å². The number of carbonyl (C=O) groups is 3. The fraction of sp³-hybridized carbons (Fsp3) is 0.804. The first-order valence-electron chi connectivity index (χ1n) is 27.2. The SMILES string of the molecule is CCCCCCCCCCCCCCOCC(CNC(=O)[C@H](CCCCNC(=O)OC(C)(C)C)NCc1cn(C(=O)OC(C)(C)C)c2ccccc12)OCCCCCCCCCCCCCC. The summed E-state index contributed by atoms with van der Waals surface area (Å²) in [6, 6.07) is 7.22. The van der Waals surface area contributed by atoms with Crippen molar-refractivity contribution in [1.29, 1.82) is 0 Å². The molecule has 3 N–H and O–H groups in total. The van der Waals surface area contributed by atoms with Gasteiger partial charge in [0.2, 0.25) is 5.91 Å². The van der Waals surface area contributed by atoms with Gasteiger partial charge in [-0.3, -0.25) is 9.36 Å². The maximum absolute atomic E-state index is 14.1. The van der Waals surface area contributed by atoms with Crippen molar-refractivity contribution in [1.82, 2.24) is 20.5 Å². The molecule has 11 heteroatoms. The van der Waals surface area contributed by atoms with Crippen LogP contribution in [0.5, 0.6) is 0 Å². The van der Waals surface area contributed by atoms with Gasteiger partial charge in [-0.2, -0.15) is 0 Å². The largest absolute Gasteiger partial charge is 0.444 e. The number of rotatable bonds is 40. The predicted octanol–water partition coefficient (Wildman–Crippen LogP) is 14.5. The molecule has 2 rings (SSSR count). The fourth-order valence-corrected chi connectivity index (χ4v) is 8.35. The van der Waals surface area contributed by atoms with Crippen LogP contribution in [-0.4, -0.2) is 78.9 Å². The molecule has 1 heterocycles. The number of hydrogen-bond donors (Lipinski definition) is 3. The monoisotopic (exact) mass is 941 g/mol. The number of alkyl carbamates (subject to hydrolysis) is 1. The second-order valence-corrected chi connectivity index (χ2v) is 21.0. The highest BCUT2D eigenvalue weighted by atomic mass is 16.6. The number of aromatic nitrogens is 1. The summed E-state index contributed by atoms with van der Waals surface area (Å²) in [5.74, 6) is -0.115. The Morgan fingerprint density at radius 2 is 1.10 bits per heavy atom. The summed E-state index contributed by atoms with van der Waals surface area (Å²) in [7, 11) is 0. The number of ether oxygens (including phenoxy) is 4. The Balaban J connectivity index is 2.00. The summed E-state index contributed by atoms with van der Waals surface area (Å²) >= 11 is 0. The van der Waals surface area contributed by atoms with Crippen molar-refractivity contribution < 1.29 is 33.3 Å². The molecule has 0 radical (unpaired) electrons. The van der Waals surface area contributed by atoms with Gasteiger partial charge in [-0.15, -0.1) is 0 Å². The standard InChI is InChI=1S/C56H100N4O7/c1-9-11-13-15-17-19-21-23-25-27-29-35-41-64-46-48(65-42-36-30-28-26-24-22-20-18-16-14-12-10-2)44-59-52(61)50(38-33-34-40-57-53(62)66-55(3,4)5)58-43-47-45-60(54(63)67-56(6,7)8)51-39-32-31-37-49(47)51/h31-32,37,39,45,48,50,58H,9-30,33-36,38,40-44,46H2,1-8H3,(H,57,62)(H,59,61)/t48?,50-/m0/s1. The summed E-state index contributed by atoms with van der Waals surface area (Å²) in [5, 5.41) is 10.5. The average molecular weight is 941 g/mol. The first-order chi connectivity index (χ1) is 32.2. The molecule has 0 bridgehead atoms. The molecule has 2 amide bonds. The lowest BCUT2D eigenvalue weighted by Gasteiger charge is -2.22. The van der Waals surface area contributed by atoms with Crippen molar-refractivity contribution in [3.8, 4) is 0 Å². The van der Waals surface area contributed by atoms with Gasteiger partial charge in [-0.05, 0) is 85.3 Å². The van der Waals surface area contributed by atoms with E-state index in [0.29, 0.717) is 58.7 Å². The van der Waals surface area contributed by atoms with Crippen LogP contribution in [0.1, 0.15) is 234 Å². The van der Waals surface area contributed by atoms with Gasteiger partial charge in [0.1, 0.15) is 11.2 Å². The summed E-state index contributed by atoms with van der Waals surface area (Å²) in [5.41, 5.74) is 0.420. The van der Waals surface area contributed by atoms with E-state index in [1.807, 2.05) is 65.8 Å². The minimum absolute atomic E-state index is 0.115. The highest BCUT2D eigenvalue weighted by molar-refractivity contribution is 5.92. The number of carbonyl (C=O) groups excluding carboxylic acids is 3. The lowest BCUT2D eigenvalue weighted by molar-refractivity contribution is -0.124. The number of nitrogens with zero attached hydrogens (tertiary/aromatic N) is 1. The molecule has 0 saturated carbocycles. The number of fused-ring (bicyclic) bond motifs is 1. The number of nitrogens with one attached hydrogen (secondary N) is 3. The summed E-state index contributed by atoms with van der Waals surface area (Å²) in [6.45, 7) is 18.6. The first kappa shape index (κ1) is 60.0. The molecule has 1 aromatic heterocycles. The molecule has 0 fully saturated rings. The Bertz CT molecular complexity index is 1560. The molecular formula is C56H100N4O7. The van der Waals surface area contributed by atoms with Crippen LogP contribution in [0.4, 0.5) is 9.59 Å². The van der Waals surface area contributed by atoms with E-state index in [1.54, 1.807) is 10.8 Å². The normalized spacial score (nSPS) is 12.9. The summed E-state index contributed by atoms with van der Waals surface area (Å²) in [4.78, 5) is 39.6. The zero-order valence-corrected chi connectivity index (χ0v) is 44.2. The van der Waals surface area contributed by atoms with Crippen LogP contribution < -0.4 is 16.0 Å². The maximum Gasteiger partial charge on any atom is 0.419 e. The van der Waals surface area contributed by atoms with Crippen molar-refractivity contribution in [2.24, 2.45) is 0 Å². The number of para-hydroxylation sites is 1. The molecule has 386 valence electrons. The topological polar surface area (TPSA) is 129 Å². The van der Waals surface area contributed by atoms with E-state index >= 15 is 0 Å². The van der Waals surface area contributed by atoms with E-state index in [2.05, 4.69) is 29.8 Å². The van der Waals surface area contributed by atoms with Gasteiger partial charge < -0.3 is 34.9 Å². The Kier molecular flexibility index (Phi) is 32.9. The summed E-state index contributed by atoms with van der Waals surface area (Å²) < 4.78 is 25.3. The molecule has 11 nitrogen and oxygen atoms in total. The van der Waals surface area contributed by atoms with E-state index in [0.717, 1.165) is 35.7 Å². The van der Waals surface area contributed by atoms with Crippen LogP contribution in [0.3, 0.4) is 0 Å². The zero-order chi connectivity index (χ0) is 49.0. The van der Waals surface area contributed by atoms with Crippen molar-refractivity contribution in [3.63, 3.8) is 0 Å². The van der Waals surface area contributed by atoms with Crippen molar-refractivity contribution in [3.05, 3.63) is 36.0 Å². The van der Waals surface area contributed by atoms with Crippen LogP contribution in [0.2, 0.25) is 0 Å². The van der Waals surface area contributed by atoms with Gasteiger partial charge >= 0.3 is 12.2 Å². The van der Waals surface area contributed by atoms with Gasteiger partial charge in [0.25, 0.3) is 0 Å². The quantitative estimate of drug-likeness (QED) is 0.0564. The second-order valence-electron chi connectivity index (χ2n) is 21.0. The first-order valence-corrected chi connectivity index (χ1v) is 27.2. The minimum atomic E-state index is -0.645. The third kappa shape index (κ3) is 30.9. The number of amides is 2. The third-order valence-electron chi connectivity index (χ3n) is 12.1. The Labute approximate surface area is 409 Å². The number of hydrogen-bond acceptors (Lipinski definition) is 8. The molecule has 1 aromatic carbocycles. The van der Waals surface area contributed by atoms with E-state index in [-0.39, 0.29) is 12.0 Å². The van der Waals surface area contributed by atoms with Gasteiger partial charge in [-0.1, -0.05) is 173 Å². The van der Waals surface area contributed by atoms with E-state index in [1.165, 1.54) is 135 Å². The van der Waals surface area contributed by atoms with E-state index in [4.69, 9.17) is 18.9 Å². The van der Waals surface area contributed by atoms with Gasteiger partial charge in [0.05, 0.1) is 24.3 Å². The molecule has 0 aliphatic rings. The van der Waals surface area contributed by atoms with Gasteiger partial charge in [-0.25, -0.2) is 9.59 Å². The van der Waals surface area contributed by atoms with Crippen LogP contribution in [0.25, 0.3) is 10.9 Å². The van der Waals surface area contributed by atoms with Crippen LogP contribution in [0, 0.1) is 0 Å². The average Bonchev–Trinajstić information content (AvgIpc) is 3.65. The molecule has 0 spiro atoms. The second kappa shape index (κ2) is 36.8. The highest BCUT2D eigenvalue weighted by Gasteiger charge is 2.24. The van der Waals surface area contributed by atoms with Crippen molar-refractivity contribution in [2.45, 2.75) is 259 Å². The Morgan fingerprint density at radius 3 is 1.64 bits per heavy atom. The minimum Gasteiger partial charge on any atom is -0.444 e. The molecular weight excluding hydrogens is 841 g/mol. The lowest BCUT2D eigenvalue weighted by Crippen LogP contribution is -2.47. The van der Waals surface area contributed by atoms with E-state index < -0.39 is 29.4 Å². The number of benzene rings is 1. The molecule has 0 aliphatic heterocycles. The van der Waals surface area contributed by atoms with Crippen LogP contribution >= 0.6 is 0 Å². The highest BCUT2D eigenvalue weighted by Crippen LogP contribution is 2.24. The lowest BCUT2D eigenvalue weighted by atomic mass is 10.1. The molecule has 2 atom stereocenters. The molecule has 0 saturated heterocycles. The fourth-order valence-electron chi connectivity index (χ4n) is 8.35. The van der Waals surface area contributed by atoms with E-state index in [9.17, 15) is 14.4 Å². The molecule has 1 unspecified atom stereocenters. The molecule has 67 heavy (non-hydrogen) atoms. The van der Waals surface area contributed by atoms with Crippen LogP contribution in [-0.2, 0) is 30.3 Å². The van der Waals surface area contributed by atoms with Gasteiger partial charge in [0, 0.05) is 44.4 Å². The third-order valence-corrected chi connectivity index (χ3v) is 12.1. The van der Waals surface area contributed by atoms with Crippen molar-refractivity contribution in [2.75, 3.05) is 32.9 Å². The Hall–Kier alpha value is -3.15. The Morgan fingerprint density at radius 1 is 0.597 bits per heavy atom.